The standard InChI is InChI=1S/C21H26N2O3/c1-16-9-10-19(26-16)11-13-22-20(24)7-4-8-21(25)23-14-12-17-5-2-3-6-18(17)15-23/h2-3,5-6,9-10H,4,7-8,11-15H2,1H3,(H,22,24). The molecule has 1 aromatic heterocycles. The Labute approximate surface area is 154 Å². The zero-order valence-electron chi connectivity index (χ0n) is 15.3. The number of nitrogens with one attached hydrogen (secondary N) is 1. The third-order valence-electron chi connectivity index (χ3n) is 4.77. The van der Waals surface area contributed by atoms with E-state index in [4.69, 9.17) is 4.42 Å². The molecule has 0 unspecified atom stereocenters. The Balaban J connectivity index is 1.33. The summed E-state index contributed by atoms with van der Waals surface area (Å²) in [6.45, 7) is 3.91. The molecule has 0 atom stereocenters. The lowest BCUT2D eigenvalue weighted by molar-refractivity contribution is -0.132. The van der Waals surface area contributed by atoms with Gasteiger partial charge in [-0.1, -0.05) is 24.3 Å². The number of benzene rings is 1. The van der Waals surface area contributed by atoms with Crippen LogP contribution in [0.25, 0.3) is 0 Å². The fourth-order valence-electron chi connectivity index (χ4n) is 3.30. The van der Waals surface area contributed by atoms with Crippen LogP contribution in [0.1, 0.15) is 41.9 Å². The van der Waals surface area contributed by atoms with Crippen LogP contribution in [0.5, 0.6) is 0 Å². The molecule has 2 aromatic rings. The summed E-state index contributed by atoms with van der Waals surface area (Å²) in [5.74, 6) is 1.89. The Morgan fingerprint density at radius 2 is 1.92 bits per heavy atom. The van der Waals surface area contributed by atoms with Crippen molar-refractivity contribution in [2.45, 2.75) is 45.6 Å². The minimum atomic E-state index is -0.00920. The average Bonchev–Trinajstić information content (AvgIpc) is 3.06. The average molecular weight is 354 g/mol. The number of amides is 2. The molecule has 0 saturated carbocycles. The number of fused-ring (bicyclic) bond motifs is 1. The Bertz CT molecular complexity index is 766. The lowest BCUT2D eigenvalue weighted by Crippen LogP contribution is -2.36. The summed E-state index contributed by atoms with van der Waals surface area (Å²) < 4.78 is 5.47. The number of nitrogens with zero attached hydrogens (tertiary/aromatic N) is 1. The van der Waals surface area contributed by atoms with Crippen molar-refractivity contribution in [3.05, 3.63) is 59.0 Å². The van der Waals surface area contributed by atoms with Crippen molar-refractivity contribution >= 4 is 11.8 Å². The van der Waals surface area contributed by atoms with Crippen molar-refractivity contribution < 1.29 is 14.0 Å². The maximum absolute atomic E-state index is 12.4. The predicted octanol–water partition coefficient (Wildman–Crippen LogP) is 3.00. The Morgan fingerprint density at radius 1 is 1.12 bits per heavy atom. The SMILES string of the molecule is Cc1ccc(CCNC(=O)CCCC(=O)N2CCc3ccccc3C2)o1. The summed E-state index contributed by atoms with van der Waals surface area (Å²) in [5.41, 5.74) is 2.57. The summed E-state index contributed by atoms with van der Waals surface area (Å²) in [5, 5.41) is 2.88. The first kappa shape index (κ1) is 18.2. The van der Waals surface area contributed by atoms with Gasteiger partial charge in [-0.05, 0) is 43.0 Å². The third kappa shape index (κ3) is 4.97. The van der Waals surface area contributed by atoms with Crippen molar-refractivity contribution in [3.63, 3.8) is 0 Å². The van der Waals surface area contributed by atoms with Gasteiger partial charge in [0.2, 0.25) is 11.8 Å². The van der Waals surface area contributed by atoms with Crippen molar-refractivity contribution in [2.24, 2.45) is 0 Å². The first-order chi connectivity index (χ1) is 12.6. The third-order valence-corrected chi connectivity index (χ3v) is 4.77. The second-order valence-corrected chi connectivity index (χ2v) is 6.80. The van der Waals surface area contributed by atoms with E-state index in [9.17, 15) is 9.59 Å². The van der Waals surface area contributed by atoms with E-state index in [2.05, 4.69) is 17.4 Å². The highest BCUT2D eigenvalue weighted by Gasteiger charge is 2.20. The number of rotatable bonds is 7. The molecule has 5 heteroatoms. The molecule has 0 bridgehead atoms. The van der Waals surface area contributed by atoms with Crippen LogP contribution in [-0.2, 0) is 29.0 Å². The normalized spacial score (nSPS) is 13.3. The molecule has 1 aromatic carbocycles. The number of carbonyl (C=O) groups excluding carboxylic acids is 2. The second kappa shape index (κ2) is 8.70. The molecule has 0 fully saturated rings. The van der Waals surface area contributed by atoms with Crippen LogP contribution in [0.3, 0.4) is 0 Å². The second-order valence-electron chi connectivity index (χ2n) is 6.80. The van der Waals surface area contributed by atoms with E-state index >= 15 is 0 Å². The summed E-state index contributed by atoms with van der Waals surface area (Å²) in [6, 6.07) is 12.1. The van der Waals surface area contributed by atoms with Crippen molar-refractivity contribution in [3.8, 4) is 0 Å². The maximum Gasteiger partial charge on any atom is 0.222 e. The van der Waals surface area contributed by atoms with Gasteiger partial charge in [-0.15, -0.1) is 0 Å². The topological polar surface area (TPSA) is 62.6 Å². The van der Waals surface area contributed by atoms with Gasteiger partial charge >= 0.3 is 0 Å². The van der Waals surface area contributed by atoms with E-state index in [-0.39, 0.29) is 11.8 Å². The van der Waals surface area contributed by atoms with Gasteiger partial charge in [-0.3, -0.25) is 9.59 Å². The van der Waals surface area contributed by atoms with E-state index in [1.165, 1.54) is 11.1 Å². The molecule has 1 aliphatic rings. The predicted molar refractivity (Wildman–Crippen MR) is 99.6 cm³/mol. The highest BCUT2D eigenvalue weighted by atomic mass is 16.3. The molecule has 5 nitrogen and oxygen atoms in total. The monoisotopic (exact) mass is 354 g/mol. The van der Waals surface area contributed by atoms with E-state index < -0.39 is 0 Å². The largest absolute Gasteiger partial charge is 0.466 e. The van der Waals surface area contributed by atoms with Gasteiger partial charge in [0.05, 0.1) is 0 Å². The number of carbonyl (C=O) groups is 2. The van der Waals surface area contributed by atoms with E-state index in [0.717, 1.165) is 24.5 Å². The minimum absolute atomic E-state index is 0.00920. The quantitative estimate of drug-likeness (QED) is 0.831. The zero-order valence-corrected chi connectivity index (χ0v) is 15.3. The van der Waals surface area contributed by atoms with E-state index in [1.807, 2.05) is 36.1 Å². The number of furan rings is 1. The van der Waals surface area contributed by atoms with Crippen LogP contribution in [0.15, 0.2) is 40.8 Å². The van der Waals surface area contributed by atoms with Crippen molar-refractivity contribution in [1.29, 1.82) is 0 Å². The molecule has 3 rings (SSSR count). The smallest absolute Gasteiger partial charge is 0.222 e. The van der Waals surface area contributed by atoms with Crippen LogP contribution < -0.4 is 5.32 Å². The van der Waals surface area contributed by atoms with E-state index in [1.54, 1.807) is 0 Å². The molecule has 138 valence electrons. The Morgan fingerprint density at radius 3 is 2.69 bits per heavy atom. The molecule has 0 spiro atoms. The molecule has 0 aliphatic carbocycles. The van der Waals surface area contributed by atoms with Gasteiger partial charge in [0.15, 0.2) is 0 Å². The molecule has 1 N–H and O–H groups in total. The Kier molecular flexibility index (Phi) is 6.10. The summed E-state index contributed by atoms with van der Waals surface area (Å²) >= 11 is 0. The molecule has 26 heavy (non-hydrogen) atoms. The van der Waals surface area contributed by atoms with Gasteiger partial charge in [0, 0.05) is 38.9 Å². The van der Waals surface area contributed by atoms with Gasteiger partial charge in [0.25, 0.3) is 0 Å². The van der Waals surface area contributed by atoms with E-state index in [0.29, 0.717) is 38.8 Å². The lowest BCUT2D eigenvalue weighted by atomic mass is 9.99. The highest BCUT2D eigenvalue weighted by Crippen LogP contribution is 2.19. The molecular weight excluding hydrogens is 328 g/mol. The van der Waals surface area contributed by atoms with Gasteiger partial charge in [0.1, 0.15) is 11.5 Å². The minimum Gasteiger partial charge on any atom is -0.466 e. The van der Waals surface area contributed by atoms with Gasteiger partial charge < -0.3 is 14.6 Å². The summed E-state index contributed by atoms with van der Waals surface area (Å²) in [4.78, 5) is 26.2. The van der Waals surface area contributed by atoms with Crippen molar-refractivity contribution in [1.82, 2.24) is 10.2 Å². The van der Waals surface area contributed by atoms with Crippen LogP contribution in [-0.4, -0.2) is 29.8 Å². The van der Waals surface area contributed by atoms with Gasteiger partial charge in [-0.2, -0.15) is 0 Å². The van der Waals surface area contributed by atoms with Crippen LogP contribution in [0.2, 0.25) is 0 Å². The number of hydrogen-bond acceptors (Lipinski definition) is 3. The van der Waals surface area contributed by atoms with Gasteiger partial charge in [-0.25, -0.2) is 0 Å². The van der Waals surface area contributed by atoms with Crippen molar-refractivity contribution in [2.75, 3.05) is 13.1 Å². The Hall–Kier alpha value is -2.56. The molecule has 1 aliphatic heterocycles. The highest BCUT2D eigenvalue weighted by molar-refractivity contribution is 5.79. The maximum atomic E-state index is 12.4. The first-order valence-corrected chi connectivity index (χ1v) is 9.28. The van der Waals surface area contributed by atoms with Crippen LogP contribution in [0.4, 0.5) is 0 Å². The lowest BCUT2D eigenvalue weighted by Gasteiger charge is -2.29. The van der Waals surface area contributed by atoms with Crippen LogP contribution >= 0.6 is 0 Å². The molecule has 2 amide bonds. The molecule has 2 heterocycles. The van der Waals surface area contributed by atoms with Crippen LogP contribution in [0, 0.1) is 6.92 Å². The summed E-state index contributed by atoms with van der Waals surface area (Å²) in [6.07, 6.45) is 2.99. The number of aryl methyl sites for hydroxylation is 1. The number of hydrogen-bond donors (Lipinski definition) is 1. The first-order valence-electron chi connectivity index (χ1n) is 9.28. The molecule has 0 saturated heterocycles. The molecular formula is C21H26N2O3. The zero-order chi connectivity index (χ0) is 18.4. The fraction of sp³-hybridized carbons (Fsp3) is 0.429. The summed E-state index contributed by atoms with van der Waals surface area (Å²) in [7, 11) is 0. The fourth-order valence-corrected chi connectivity index (χ4v) is 3.30. The molecule has 0 radical (unpaired) electrons.